The molecule has 1 saturated heterocycles. The van der Waals surface area contributed by atoms with Crippen molar-refractivity contribution in [2.45, 2.75) is 18.9 Å². The number of benzene rings is 1. The molecule has 1 fully saturated rings. The van der Waals surface area contributed by atoms with E-state index >= 15 is 0 Å². The highest BCUT2D eigenvalue weighted by Gasteiger charge is 2.29. The third-order valence-corrected chi connectivity index (χ3v) is 5.18. The van der Waals surface area contributed by atoms with Crippen LogP contribution in [0, 0.1) is 5.92 Å². The second-order valence-corrected chi connectivity index (χ2v) is 6.80. The van der Waals surface area contributed by atoms with Gasteiger partial charge in [0.1, 0.15) is 5.75 Å². The maximum absolute atomic E-state index is 12.4. The van der Waals surface area contributed by atoms with E-state index in [2.05, 4.69) is 4.99 Å². The fraction of sp³-hybridized carbons (Fsp3) is 0.412. The molecule has 1 aromatic rings. The Morgan fingerprint density at radius 3 is 2.52 bits per heavy atom. The van der Waals surface area contributed by atoms with E-state index in [0.29, 0.717) is 42.1 Å². The van der Waals surface area contributed by atoms with Crippen molar-refractivity contribution in [2.24, 2.45) is 22.4 Å². The average Bonchev–Trinajstić information content (AvgIpc) is 2.61. The topological polar surface area (TPSA) is 105 Å². The van der Waals surface area contributed by atoms with Crippen LogP contribution < -0.4 is 11.5 Å². The van der Waals surface area contributed by atoms with E-state index < -0.39 is 0 Å². The van der Waals surface area contributed by atoms with Gasteiger partial charge in [0.15, 0.2) is 0 Å². The molecule has 1 amide bonds. The number of nitrogens with zero attached hydrogens (tertiary/aromatic N) is 2. The van der Waals surface area contributed by atoms with Gasteiger partial charge in [0.25, 0.3) is 5.91 Å². The Hall–Kier alpha value is -1.76. The number of amides is 1. The number of hydrogen-bond donors (Lipinski definition) is 3. The molecule has 0 spiro atoms. The molecular weight excluding hydrogens is 363 g/mol. The minimum Gasteiger partial charge on any atom is -0.508 e. The van der Waals surface area contributed by atoms with Gasteiger partial charge >= 0.3 is 0 Å². The van der Waals surface area contributed by atoms with Gasteiger partial charge in [-0.2, -0.15) is 0 Å². The molecule has 1 aromatic carbocycles. The summed E-state index contributed by atoms with van der Waals surface area (Å²) in [5, 5.41) is 10.7. The molecule has 0 aromatic heterocycles. The smallest absolute Gasteiger partial charge is 0.256 e. The third-order valence-electron chi connectivity index (χ3n) is 4.46. The quantitative estimate of drug-likeness (QED) is 0.547. The molecule has 0 bridgehead atoms. The Kier molecular flexibility index (Phi) is 6.70. The van der Waals surface area contributed by atoms with Crippen LogP contribution >= 0.6 is 23.2 Å². The minimum absolute atomic E-state index is 0.0351. The summed E-state index contributed by atoms with van der Waals surface area (Å²) in [5.74, 6) is 0.0164. The number of carbonyl (C=O) groups excluding carboxylic acids is 1. The van der Waals surface area contributed by atoms with Crippen LogP contribution in [0.3, 0.4) is 0 Å². The van der Waals surface area contributed by atoms with Gasteiger partial charge in [0.05, 0.1) is 15.6 Å². The van der Waals surface area contributed by atoms with Gasteiger partial charge in [0, 0.05) is 50.2 Å². The fourth-order valence-corrected chi connectivity index (χ4v) is 3.36. The lowest BCUT2D eigenvalue weighted by atomic mass is 9.85. The van der Waals surface area contributed by atoms with Crippen molar-refractivity contribution < 1.29 is 9.90 Å². The Balaban J connectivity index is 2.05. The van der Waals surface area contributed by atoms with Crippen LogP contribution in [0.5, 0.6) is 5.75 Å². The number of piperidine rings is 1. The molecule has 0 aliphatic carbocycles. The van der Waals surface area contributed by atoms with E-state index in [0.717, 1.165) is 0 Å². The number of aliphatic imine (C=N–C) groups is 1. The standard InChI is InChI=1S/C17H22Cl2N4O2/c1-22-9-11(8-20)17(25)23-4-2-10(3-5-23)16(21)12-6-13(18)14(19)7-15(12)24/h6-10,16,24H,2-5,20-21H2,1H3/b11-8+,22-9?/t16-/m1/s1. The summed E-state index contributed by atoms with van der Waals surface area (Å²) < 4.78 is 0. The minimum atomic E-state index is -0.381. The molecule has 1 atom stereocenters. The first-order chi connectivity index (χ1) is 11.9. The van der Waals surface area contributed by atoms with Crippen molar-refractivity contribution in [3.63, 3.8) is 0 Å². The summed E-state index contributed by atoms with van der Waals surface area (Å²) in [7, 11) is 1.59. The van der Waals surface area contributed by atoms with Crippen molar-refractivity contribution in [1.82, 2.24) is 4.90 Å². The number of halogens is 2. The van der Waals surface area contributed by atoms with Crippen molar-refractivity contribution in [3.8, 4) is 5.75 Å². The highest BCUT2D eigenvalue weighted by Crippen LogP contribution is 2.37. The molecule has 1 aliphatic rings. The number of nitrogens with two attached hydrogens (primary N) is 2. The molecule has 0 saturated carbocycles. The van der Waals surface area contributed by atoms with E-state index in [9.17, 15) is 9.90 Å². The molecule has 1 aliphatic heterocycles. The van der Waals surface area contributed by atoms with Crippen molar-refractivity contribution >= 4 is 35.3 Å². The van der Waals surface area contributed by atoms with Crippen LogP contribution in [0.4, 0.5) is 0 Å². The maximum Gasteiger partial charge on any atom is 0.256 e. The Morgan fingerprint density at radius 2 is 1.96 bits per heavy atom. The summed E-state index contributed by atoms with van der Waals surface area (Å²) in [6.45, 7) is 1.13. The molecule has 0 radical (unpaired) electrons. The number of phenolic OH excluding ortho intramolecular Hbond substituents is 1. The molecule has 25 heavy (non-hydrogen) atoms. The van der Waals surface area contributed by atoms with Crippen molar-refractivity contribution in [2.75, 3.05) is 20.1 Å². The molecule has 5 N–H and O–H groups in total. The monoisotopic (exact) mass is 384 g/mol. The molecule has 0 unspecified atom stereocenters. The van der Waals surface area contributed by atoms with E-state index in [1.54, 1.807) is 18.0 Å². The Labute approximate surface area is 157 Å². The average molecular weight is 385 g/mol. The number of rotatable bonds is 4. The molecule has 136 valence electrons. The number of hydrogen-bond acceptors (Lipinski definition) is 5. The fourth-order valence-electron chi connectivity index (χ4n) is 3.03. The number of likely N-dealkylation sites (tertiary alicyclic amines) is 1. The van der Waals surface area contributed by atoms with Crippen molar-refractivity contribution in [3.05, 3.63) is 39.5 Å². The van der Waals surface area contributed by atoms with Gasteiger partial charge in [-0.25, -0.2) is 0 Å². The van der Waals surface area contributed by atoms with Crippen LogP contribution in [0.1, 0.15) is 24.4 Å². The molecule has 1 heterocycles. The summed E-state index contributed by atoms with van der Waals surface area (Å²) in [6, 6.07) is 2.63. The molecular formula is C17H22Cl2N4O2. The van der Waals surface area contributed by atoms with Gasteiger partial charge < -0.3 is 21.5 Å². The molecule has 8 heteroatoms. The Morgan fingerprint density at radius 1 is 1.36 bits per heavy atom. The predicted octanol–water partition coefficient (Wildman–Crippen LogP) is 2.48. The van der Waals surface area contributed by atoms with E-state index in [1.165, 1.54) is 18.5 Å². The van der Waals surface area contributed by atoms with Crippen LogP contribution in [0.25, 0.3) is 0 Å². The number of carbonyl (C=O) groups is 1. The van der Waals surface area contributed by atoms with Gasteiger partial charge in [-0.15, -0.1) is 0 Å². The zero-order chi connectivity index (χ0) is 18.6. The highest BCUT2D eigenvalue weighted by molar-refractivity contribution is 6.42. The molecule has 6 nitrogen and oxygen atoms in total. The van der Waals surface area contributed by atoms with E-state index in [4.69, 9.17) is 34.7 Å². The van der Waals surface area contributed by atoms with Crippen molar-refractivity contribution in [1.29, 1.82) is 0 Å². The summed E-state index contributed by atoms with van der Waals surface area (Å²) >= 11 is 11.9. The lowest BCUT2D eigenvalue weighted by molar-refractivity contribution is -0.128. The lowest BCUT2D eigenvalue weighted by Gasteiger charge is -2.35. The predicted molar refractivity (Wildman–Crippen MR) is 101 cm³/mol. The lowest BCUT2D eigenvalue weighted by Crippen LogP contribution is -2.42. The first kappa shape index (κ1) is 19.6. The van der Waals surface area contributed by atoms with Crippen LogP contribution in [0.2, 0.25) is 10.0 Å². The number of phenols is 1. The summed E-state index contributed by atoms with van der Waals surface area (Å²) in [4.78, 5) is 18.0. The summed E-state index contributed by atoms with van der Waals surface area (Å²) in [5.41, 5.74) is 12.8. The van der Waals surface area contributed by atoms with Gasteiger partial charge in [-0.1, -0.05) is 23.2 Å². The zero-order valence-corrected chi connectivity index (χ0v) is 15.5. The van der Waals surface area contributed by atoms with Crippen LogP contribution in [-0.2, 0) is 4.79 Å². The highest BCUT2D eigenvalue weighted by atomic mass is 35.5. The first-order valence-corrected chi connectivity index (χ1v) is 8.71. The third kappa shape index (κ3) is 4.45. The summed E-state index contributed by atoms with van der Waals surface area (Å²) in [6.07, 6.45) is 4.15. The molecule has 2 rings (SSSR count). The van der Waals surface area contributed by atoms with Crippen LogP contribution in [0.15, 0.2) is 28.9 Å². The van der Waals surface area contributed by atoms with Gasteiger partial charge in [-0.3, -0.25) is 9.79 Å². The van der Waals surface area contributed by atoms with Gasteiger partial charge in [-0.05, 0) is 24.8 Å². The Bertz CT molecular complexity index is 698. The zero-order valence-electron chi connectivity index (χ0n) is 14.0. The van der Waals surface area contributed by atoms with Gasteiger partial charge in [0.2, 0.25) is 0 Å². The first-order valence-electron chi connectivity index (χ1n) is 7.95. The van der Waals surface area contributed by atoms with E-state index in [-0.39, 0.29) is 28.6 Å². The number of aromatic hydroxyl groups is 1. The maximum atomic E-state index is 12.4. The SMILES string of the molecule is CN=C/C(=C\N)C(=O)N1CCC([C@@H](N)c2cc(Cl)c(Cl)cc2O)CC1. The largest absolute Gasteiger partial charge is 0.508 e. The normalized spacial score (nSPS) is 17.9. The van der Waals surface area contributed by atoms with Crippen LogP contribution in [-0.4, -0.2) is 42.3 Å². The van der Waals surface area contributed by atoms with E-state index in [1.807, 2.05) is 0 Å². The second kappa shape index (κ2) is 8.56. The second-order valence-electron chi connectivity index (χ2n) is 5.99.